The number of amides is 1. The van der Waals surface area contributed by atoms with Gasteiger partial charge >= 0.3 is 0 Å². The minimum Gasteiger partial charge on any atom is -0.351 e. The number of anilines is 1. The van der Waals surface area contributed by atoms with Crippen molar-refractivity contribution in [1.82, 2.24) is 10.6 Å². The molecule has 6 nitrogen and oxygen atoms in total. The van der Waals surface area contributed by atoms with Gasteiger partial charge < -0.3 is 10.6 Å². The lowest BCUT2D eigenvalue weighted by atomic mass is 9.81. The first kappa shape index (κ1) is 16.8. The smallest absolute Gasteiger partial charge is 0.253 e. The fraction of sp³-hybridized carbons (Fsp3) is 0.533. The number of hydrogen-bond donors (Lipinski definition) is 3. The van der Waals surface area contributed by atoms with Crippen LogP contribution in [0.3, 0.4) is 0 Å². The van der Waals surface area contributed by atoms with E-state index >= 15 is 0 Å². The van der Waals surface area contributed by atoms with Crippen molar-refractivity contribution in [2.45, 2.75) is 19.8 Å². The van der Waals surface area contributed by atoms with E-state index in [1.165, 1.54) is 0 Å². The summed E-state index contributed by atoms with van der Waals surface area (Å²) >= 11 is 0. The van der Waals surface area contributed by atoms with Crippen molar-refractivity contribution in [1.29, 1.82) is 0 Å². The summed E-state index contributed by atoms with van der Waals surface area (Å²) in [6.45, 7) is 4.66. The van der Waals surface area contributed by atoms with Crippen molar-refractivity contribution in [3.63, 3.8) is 0 Å². The van der Waals surface area contributed by atoms with Crippen LogP contribution in [0.25, 0.3) is 0 Å². The summed E-state index contributed by atoms with van der Waals surface area (Å²) in [6.07, 6.45) is 3.09. The third kappa shape index (κ3) is 4.71. The zero-order valence-corrected chi connectivity index (χ0v) is 13.8. The van der Waals surface area contributed by atoms with Crippen LogP contribution in [0.1, 0.15) is 30.1 Å². The van der Waals surface area contributed by atoms with Crippen LogP contribution in [0.5, 0.6) is 0 Å². The van der Waals surface area contributed by atoms with Crippen LogP contribution in [0.2, 0.25) is 0 Å². The molecule has 2 rings (SSSR count). The Kier molecular flexibility index (Phi) is 5.08. The quantitative estimate of drug-likeness (QED) is 0.758. The molecule has 0 saturated carbocycles. The SMILES string of the molecule is CC1(CNC(=O)c2ccccc2NS(C)(=O)=O)CCNCC1. The van der Waals surface area contributed by atoms with E-state index in [1.807, 2.05) is 0 Å². The van der Waals surface area contributed by atoms with E-state index in [1.54, 1.807) is 24.3 Å². The van der Waals surface area contributed by atoms with E-state index in [0.717, 1.165) is 32.2 Å². The molecule has 1 aromatic rings. The summed E-state index contributed by atoms with van der Waals surface area (Å²) in [5.41, 5.74) is 0.726. The number of carbonyl (C=O) groups is 1. The van der Waals surface area contributed by atoms with Crippen LogP contribution in [0.4, 0.5) is 5.69 Å². The third-order valence-corrected chi connectivity index (χ3v) is 4.54. The summed E-state index contributed by atoms with van der Waals surface area (Å²) < 4.78 is 25.1. The molecular weight excluding hydrogens is 302 g/mol. The molecule has 0 aromatic heterocycles. The Morgan fingerprint density at radius 3 is 2.55 bits per heavy atom. The Labute approximate surface area is 131 Å². The Morgan fingerprint density at radius 1 is 1.27 bits per heavy atom. The van der Waals surface area contributed by atoms with Gasteiger partial charge in [0, 0.05) is 6.54 Å². The normalized spacial score (nSPS) is 17.7. The maximum Gasteiger partial charge on any atom is 0.253 e. The number of nitrogens with one attached hydrogen (secondary N) is 3. The highest BCUT2D eigenvalue weighted by Crippen LogP contribution is 2.27. The predicted molar refractivity (Wildman–Crippen MR) is 87.5 cm³/mol. The summed E-state index contributed by atoms with van der Waals surface area (Å²) in [4.78, 5) is 12.4. The maximum atomic E-state index is 12.4. The average molecular weight is 325 g/mol. The molecule has 0 bridgehead atoms. The summed E-state index contributed by atoms with van der Waals surface area (Å²) in [6, 6.07) is 6.61. The van der Waals surface area contributed by atoms with Crippen molar-refractivity contribution >= 4 is 21.6 Å². The Morgan fingerprint density at radius 2 is 1.91 bits per heavy atom. The predicted octanol–water partition coefficient (Wildman–Crippen LogP) is 1.18. The third-order valence-electron chi connectivity index (χ3n) is 3.95. The van der Waals surface area contributed by atoms with Gasteiger partial charge in [-0.1, -0.05) is 19.1 Å². The molecular formula is C15H23N3O3S. The van der Waals surface area contributed by atoms with Gasteiger partial charge in [0.15, 0.2) is 0 Å². The number of sulfonamides is 1. The molecule has 1 aliphatic heterocycles. The molecule has 1 aromatic carbocycles. The van der Waals surface area contributed by atoms with Crippen LogP contribution in [-0.2, 0) is 10.0 Å². The second kappa shape index (κ2) is 6.66. The van der Waals surface area contributed by atoms with Crippen molar-refractivity contribution in [2.24, 2.45) is 5.41 Å². The Bertz CT molecular complexity index is 637. The van der Waals surface area contributed by atoms with E-state index in [0.29, 0.717) is 17.8 Å². The van der Waals surface area contributed by atoms with E-state index in [9.17, 15) is 13.2 Å². The Balaban J connectivity index is 2.06. The lowest BCUT2D eigenvalue weighted by Crippen LogP contribution is -2.43. The molecule has 122 valence electrons. The number of benzene rings is 1. The van der Waals surface area contributed by atoms with Gasteiger partial charge in [-0.15, -0.1) is 0 Å². The highest BCUT2D eigenvalue weighted by atomic mass is 32.2. The average Bonchev–Trinajstić information content (AvgIpc) is 2.45. The second-order valence-corrected chi connectivity index (χ2v) is 7.91. The summed E-state index contributed by atoms with van der Waals surface area (Å²) in [5.74, 6) is -0.258. The first-order valence-corrected chi connectivity index (χ1v) is 9.24. The van der Waals surface area contributed by atoms with Gasteiger partial charge in [-0.05, 0) is 43.5 Å². The minimum atomic E-state index is -3.42. The Hall–Kier alpha value is -1.60. The first-order chi connectivity index (χ1) is 10.3. The molecule has 0 radical (unpaired) electrons. The number of carbonyl (C=O) groups excluding carboxylic acids is 1. The molecule has 1 fully saturated rings. The van der Waals surface area contributed by atoms with Crippen molar-refractivity contribution in [2.75, 3.05) is 30.6 Å². The molecule has 1 amide bonds. The molecule has 7 heteroatoms. The minimum absolute atomic E-state index is 0.0834. The van der Waals surface area contributed by atoms with Crippen molar-refractivity contribution in [3.05, 3.63) is 29.8 Å². The lowest BCUT2D eigenvalue weighted by Gasteiger charge is -2.34. The largest absolute Gasteiger partial charge is 0.351 e. The molecule has 22 heavy (non-hydrogen) atoms. The monoisotopic (exact) mass is 325 g/mol. The number of piperidine rings is 1. The fourth-order valence-corrected chi connectivity index (χ4v) is 3.14. The standard InChI is InChI=1S/C15H23N3O3S/c1-15(7-9-16-10-8-15)11-17-14(19)12-5-3-4-6-13(12)18-22(2,20)21/h3-6,16,18H,7-11H2,1-2H3,(H,17,19). The topological polar surface area (TPSA) is 87.3 Å². The van der Waals surface area contributed by atoms with Crippen LogP contribution < -0.4 is 15.4 Å². The van der Waals surface area contributed by atoms with Gasteiger partial charge in [0.05, 0.1) is 17.5 Å². The summed E-state index contributed by atoms with van der Waals surface area (Å²) in [7, 11) is -3.42. The molecule has 0 aliphatic carbocycles. The molecule has 1 saturated heterocycles. The van der Waals surface area contributed by atoms with Crippen molar-refractivity contribution in [3.8, 4) is 0 Å². The van der Waals surface area contributed by atoms with Gasteiger partial charge in [0.25, 0.3) is 5.91 Å². The molecule has 3 N–H and O–H groups in total. The molecule has 0 unspecified atom stereocenters. The number of hydrogen-bond acceptors (Lipinski definition) is 4. The molecule has 1 heterocycles. The van der Waals surface area contributed by atoms with E-state index < -0.39 is 10.0 Å². The van der Waals surface area contributed by atoms with E-state index in [-0.39, 0.29) is 11.3 Å². The summed E-state index contributed by atoms with van der Waals surface area (Å²) in [5, 5.41) is 6.24. The lowest BCUT2D eigenvalue weighted by molar-refractivity contribution is 0.0923. The van der Waals surface area contributed by atoms with Gasteiger partial charge in [0.1, 0.15) is 0 Å². The van der Waals surface area contributed by atoms with Crippen LogP contribution in [0.15, 0.2) is 24.3 Å². The zero-order chi connectivity index (χ0) is 16.2. The molecule has 0 spiro atoms. The van der Waals surface area contributed by atoms with E-state index in [2.05, 4.69) is 22.3 Å². The van der Waals surface area contributed by atoms with E-state index in [4.69, 9.17) is 0 Å². The highest BCUT2D eigenvalue weighted by molar-refractivity contribution is 7.92. The van der Waals surface area contributed by atoms with Gasteiger partial charge in [-0.3, -0.25) is 9.52 Å². The highest BCUT2D eigenvalue weighted by Gasteiger charge is 2.27. The van der Waals surface area contributed by atoms with Gasteiger partial charge in [0.2, 0.25) is 10.0 Å². The zero-order valence-electron chi connectivity index (χ0n) is 13.0. The van der Waals surface area contributed by atoms with Crippen LogP contribution in [-0.4, -0.2) is 40.2 Å². The fourth-order valence-electron chi connectivity index (χ4n) is 2.57. The molecule has 0 atom stereocenters. The van der Waals surface area contributed by atoms with Gasteiger partial charge in [-0.2, -0.15) is 0 Å². The van der Waals surface area contributed by atoms with Gasteiger partial charge in [-0.25, -0.2) is 8.42 Å². The maximum absolute atomic E-state index is 12.4. The number of para-hydroxylation sites is 1. The second-order valence-electron chi connectivity index (χ2n) is 6.16. The molecule has 1 aliphatic rings. The van der Waals surface area contributed by atoms with Crippen molar-refractivity contribution < 1.29 is 13.2 Å². The number of rotatable bonds is 5. The van der Waals surface area contributed by atoms with Crippen LogP contribution in [0, 0.1) is 5.41 Å². The van der Waals surface area contributed by atoms with Crippen LogP contribution >= 0.6 is 0 Å². The first-order valence-electron chi connectivity index (χ1n) is 7.35.